The smallest absolute Gasteiger partial charge is 0.209 e. The first-order valence-electron chi connectivity index (χ1n) is 7.06. The standard InChI is InChI=1S/C13H28N2O3S/c1-13(2,15-19(3,17)18)10-14-9-12(16)8-11-6-4-5-7-11/h11-12,14-16H,4-10H2,1-3H3. The van der Waals surface area contributed by atoms with Gasteiger partial charge in [0.2, 0.25) is 10.0 Å². The van der Waals surface area contributed by atoms with Crippen LogP contribution < -0.4 is 10.0 Å². The first-order valence-corrected chi connectivity index (χ1v) is 8.95. The number of hydrogen-bond donors (Lipinski definition) is 3. The van der Waals surface area contributed by atoms with E-state index in [1.54, 1.807) is 0 Å². The zero-order valence-corrected chi connectivity index (χ0v) is 13.1. The van der Waals surface area contributed by atoms with Crippen molar-refractivity contribution in [2.24, 2.45) is 5.92 Å². The molecule has 1 fully saturated rings. The highest BCUT2D eigenvalue weighted by Crippen LogP contribution is 2.28. The van der Waals surface area contributed by atoms with Crippen molar-refractivity contribution in [3.05, 3.63) is 0 Å². The summed E-state index contributed by atoms with van der Waals surface area (Å²) in [5.41, 5.74) is -0.541. The third-order valence-electron chi connectivity index (χ3n) is 3.49. The maximum absolute atomic E-state index is 11.2. The van der Waals surface area contributed by atoms with E-state index in [4.69, 9.17) is 0 Å². The molecule has 6 heteroatoms. The van der Waals surface area contributed by atoms with Crippen LogP contribution in [0.1, 0.15) is 46.0 Å². The van der Waals surface area contributed by atoms with Crippen LogP contribution >= 0.6 is 0 Å². The third-order valence-corrected chi connectivity index (χ3v) is 4.41. The maximum Gasteiger partial charge on any atom is 0.209 e. The monoisotopic (exact) mass is 292 g/mol. The first kappa shape index (κ1) is 16.9. The van der Waals surface area contributed by atoms with Gasteiger partial charge in [-0.3, -0.25) is 0 Å². The molecule has 0 aliphatic heterocycles. The van der Waals surface area contributed by atoms with Gasteiger partial charge in [-0.25, -0.2) is 13.1 Å². The molecule has 0 radical (unpaired) electrons. The van der Waals surface area contributed by atoms with Gasteiger partial charge in [0, 0.05) is 18.6 Å². The molecule has 114 valence electrons. The Labute approximate surface area is 117 Å². The maximum atomic E-state index is 11.2. The van der Waals surface area contributed by atoms with Crippen LogP contribution in [0.2, 0.25) is 0 Å². The summed E-state index contributed by atoms with van der Waals surface area (Å²) in [5, 5.41) is 13.1. The highest BCUT2D eigenvalue weighted by atomic mass is 32.2. The molecule has 19 heavy (non-hydrogen) atoms. The Hall–Kier alpha value is -0.170. The molecule has 0 bridgehead atoms. The fraction of sp³-hybridized carbons (Fsp3) is 1.00. The van der Waals surface area contributed by atoms with E-state index in [0.717, 1.165) is 12.7 Å². The number of rotatable bonds is 8. The predicted octanol–water partition coefficient (Wildman–Crippen LogP) is 0.845. The quantitative estimate of drug-likeness (QED) is 0.619. The summed E-state index contributed by atoms with van der Waals surface area (Å²) < 4.78 is 24.9. The molecule has 1 saturated carbocycles. The normalized spacial score (nSPS) is 19.8. The van der Waals surface area contributed by atoms with Crippen molar-refractivity contribution in [1.82, 2.24) is 10.0 Å². The summed E-state index contributed by atoms with van der Waals surface area (Å²) in [6.07, 6.45) is 6.72. The molecule has 0 aromatic rings. The van der Waals surface area contributed by atoms with Gasteiger partial charge in [0.25, 0.3) is 0 Å². The Morgan fingerprint density at radius 3 is 2.42 bits per heavy atom. The molecule has 1 atom stereocenters. The van der Waals surface area contributed by atoms with Gasteiger partial charge in [0.1, 0.15) is 0 Å². The number of nitrogens with one attached hydrogen (secondary N) is 2. The molecule has 0 aromatic carbocycles. The first-order chi connectivity index (χ1) is 8.68. The number of aliphatic hydroxyl groups excluding tert-OH is 1. The second kappa shape index (κ2) is 7.02. The summed E-state index contributed by atoms with van der Waals surface area (Å²) in [6.45, 7) is 4.67. The fourth-order valence-corrected chi connectivity index (χ4v) is 3.88. The van der Waals surface area contributed by atoms with Crippen molar-refractivity contribution in [3.63, 3.8) is 0 Å². The van der Waals surface area contributed by atoms with Crippen LogP contribution in [0.15, 0.2) is 0 Å². The molecule has 5 nitrogen and oxygen atoms in total. The number of hydrogen-bond acceptors (Lipinski definition) is 4. The van der Waals surface area contributed by atoms with Gasteiger partial charge in [0.05, 0.1) is 12.4 Å². The fourth-order valence-electron chi connectivity index (χ4n) is 2.80. The Kier molecular flexibility index (Phi) is 6.23. The van der Waals surface area contributed by atoms with Crippen molar-refractivity contribution in [2.75, 3.05) is 19.3 Å². The van der Waals surface area contributed by atoms with E-state index in [1.165, 1.54) is 25.7 Å². The zero-order chi connectivity index (χ0) is 14.5. The van der Waals surface area contributed by atoms with Crippen LogP contribution in [0.3, 0.4) is 0 Å². The molecular weight excluding hydrogens is 264 g/mol. The molecule has 1 unspecified atom stereocenters. The molecule has 1 rings (SSSR count). The lowest BCUT2D eigenvalue weighted by Crippen LogP contribution is -2.50. The summed E-state index contributed by atoms with van der Waals surface area (Å²) in [4.78, 5) is 0. The molecule has 0 aromatic heterocycles. The van der Waals surface area contributed by atoms with Crippen molar-refractivity contribution in [3.8, 4) is 0 Å². The van der Waals surface area contributed by atoms with Crippen molar-refractivity contribution >= 4 is 10.0 Å². The van der Waals surface area contributed by atoms with Gasteiger partial charge < -0.3 is 10.4 Å². The van der Waals surface area contributed by atoms with Gasteiger partial charge in [-0.05, 0) is 26.2 Å². The SMILES string of the molecule is CC(C)(CNCC(O)CC1CCCC1)NS(C)(=O)=O. The lowest BCUT2D eigenvalue weighted by Gasteiger charge is -2.26. The van der Waals surface area contributed by atoms with Crippen molar-refractivity contribution < 1.29 is 13.5 Å². The van der Waals surface area contributed by atoms with Crippen LogP contribution in [0.4, 0.5) is 0 Å². The number of aliphatic hydroxyl groups is 1. The van der Waals surface area contributed by atoms with E-state index in [2.05, 4.69) is 10.0 Å². The minimum atomic E-state index is -3.20. The summed E-state index contributed by atoms with van der Waals surface area (Å²) in [5.74, 6) is 0.666. The molecule has 0 amide bonds. The van der Waals surface area contributed by atoms with E-state index in [1.807, 2.05) is 13.8 Å². The van der Waals surface area contributed by atoms with Crippen LogP contribution in [0, 0.1) is 5.92 Å². The van der Waals surface area contributed by atoms with Crippen LogP contribution in [-0.4, -0.2) is 44.5 Å². The molecule has 0 heterocycles. The summed E-state index contributed by atoms with van der Waals surface area (Å²) in [7, 11) is -3.20. The average molecular weight is 292 g/mol. The van der Waals surface area contributed by atoms with Gasteiger partial charge in [-0.1, -0.05) is 25.7 Å². The average Bonchev–Trinajstić information content (AvgIpc) is 2.65. The van der Waals surface area contributed by atoms with E-state index >= 15 is 0 Å². The minimum Gasteiger partial charge on any atom is -0.392 e. The second-order valence-electron chi connectivity index (χ2n) is 6.43. The summed E-state index contributed by atoms with van der Waals surface area (Å²) >= 11 is 0. The Balaban J connectivity index is 2.21. The van der Waals surface area contributed by atoms with Crippen LogP contribution in [0.25, 0.3) is 0 Å². The van der Waals surface area contributed by atoms with E-state index in [9.17, 15) is 13.5 Å². The van der Waals surface area contributed by atoms with Crippen molar-refractivity contribution in [1.29, 1.82) is 0 Å². The lowest BCUT2D eigenvalue weighted by atomic mass is 10.00. The molecule has 3 N–H and O–H groups in total. The van der Waals surface area contributed by atoms with Gasteiger partial charge in [-0.2, -0.15) is 0 Å². The third kappa shape index (κ3) is 7.87. The second-order valence-corrected chi connectivity index (χ2v) is 8.18. The minimum absolute atomic E-state index is 0.336. The van der Waals surface area contributed by atoms with Crippen molar-refractivity contribution in [2.45, 2.75) is 57.6 Å². The van der Waals surface area contributed by atoms with E-state index in [0.29, 0.717) is 19.0 Å². The van der Waals surface area contributed by atoms with Crippen LogP contribution in [-0.2, 0) is 10.0 Å². The van der Waals surface area contributed by atoms with E-state index in [-0.39, 0.29) is 6.10 Å². The Bertz CT molecular complexity index is 362. The van der Waals surface area contributed by atoms with E-state index < -0.39 is 15.6 Å². The molecular formula is C13H28N2O3S. The topological polar surface area (TPSA) is 78.4 Å². The molecule has 0 saturated heterocycles. The Morgan fingerprint density at radius 1 is 1.32 bits per heavy atom. The van der Waals surface area contributed by atoms with Gasteiger partial charge >= 0.3 is 0 Å². The molecule has 0 spiro atoms. The zero-order valence-electron chi connectivity index (χ0n) is 12.3. The van der Waals surface area contributed by atoms with Crippen LogP contribution in [0.5, 0.6) is 0 Å². The lowest BCUT2D eigenvalue weighted by molar-refractivity contribution is 0.139. The number of sulfonamides is 1. The molecule has 1 aliphatic carbocycles. The highest BCUT2D eigenvalue weighted by molar-refractivity contribution is 7.88. The summed E-state index contributed by atoms with van der Waals surface area (Å²) in [6, 6.07) is 0. The predicted molar refractivity (Wildman–Crippen MR) is 77.5 cm³/mol. The van der Waals surface area contributed by atoms with Gasteiger partial charge in [0.15, 0.2) is 0 Å². The highest BCUT2D eigenvalue weighted by Gasteiger charge is 2.23. The largest absolute Gasteiger partial charge is 0.392 e. The van der Waals surface area contributed by atoms with Gasteiger partial charge in [-0.15, -0.1) is 0 Å². The molecule has 1 aliphatic rings. The Morgan fingerprint density at radius 2 is 1.89 bits per heavy atom.